The first-order chi connectivity index (χ1) is 17.6. The molecule has 0 spiro atoms. The first-order valence-electron chi connectivity index (χ1n) is 11.6. The zero-order chi connectivity index (χ0) is 24.6. The zero-order valence-electron chi connectivity index (χ0n) is 19.2. The Kier molecular flexibility index (Phi) is 5.88. The van der Waals surface area contributed by atoms with Crippen molar-refractivity contribution < 1.29 is 9.59 Å². The van der Waals surface area contributed by atoms with Crippen molar-refractivity contribution in [2.45, 2.75) is 13.1 Å². The van der Waals surface area contributed by atoms with E-state index >= 15 is 0 Å². The van der Waals surface area contributed by atoms with Gasteiger partial charge in [0.25, 0.3) is 11.1 Å². The average molecular weight is 509 g/mol. The molecule has 0 aliphatic carbocycles. The van der Waals surface area contributed by atoms with Crippen LogP contribution in [0.15, 0.2) is 102 Å². The van der Waals surface area contributed by atoms with E-state index in [2.05, 4.69) is 10.6 Å². The molecule has 1 saturated heterocycles. The van der Waals surface area contributed by atoms with E-state index in [1.165, 1.54) is 4.90 Å². The van der Waals surface area contributed by atoms with Crippen LogP contribution in [-0.2, 0) is 17.9 Å². The number of halogens is 1. The number of nitrogens with zero attached hydrogens (tertiary/aromatic N) is 2. The monoisotopic (exact) mass is 508 g/mol. The minimum Gasteiger partial charge on any atom is -0.342 e. The number of benzene rings is 4. The molecule has 0 atom stereocenters. The minimum absolute atomic E-state index is 0.246. The van der Waals surface area contributed by atoms with Gasteiger partial charge >= 0.3 is 0 Å². The number of para-hydroxylation sites is 1. The Morgan fingerprint density at radius 1 is 0.778 bits per heavy atom. The lowest BCUT2D eigenvalue weighted by molar-refractivity contribution is -0.123. The van der Waals surface area contributed by atoms with E-state index in [0.29, 0.717) is 16.5 Å². The van der Waals surface area contributed by atoms with Crippen molar-refractivity contribution in [3.8, 4) is 0 Å². The molecular formula is C30H21ClN2O2S. The second-order valence-electron chi connectivity index (χ2n) is 8.76. The van der Waals surface area contributed by atoms with Crippen LogP contribution >= 0.6 is 23.4 Å². The number of amides is 2. The Balaban J connectivity index is 1.32. The van der Waals surface area contributed by atoms with Gasteiger partial charge in [-0.3, -0.25) is 14.5 Å². The molecule has 6 heteroatoms. The number of carbonyl (C=O) groups excluding carboxylic acids is 2. The normalized spacial score (nSPS) is 15.0. The van der Waals surface area contributed by atoms with Gasteiger partial charge < -0.3 is 4.57 Å². The first kappa shape index (κ1) is 22.7. The molecule has 0 bridgehead atoms. The maximum absolute atomic E-state index is 13.3. The lowest BCUT2D eigenvalue weighted by Gasteiger charge is -2.14. The van der Waals surface area contributed by atoms with Crippen LogP contribution in [0.3, 0.4) is 0 Å². The summed E-state index contributed by atoms with van der Waals surface area (Å²) in [4.78, 5) is 28.0. The molecule has 1 aliphatic rings. The largest absolute Gasteiger partial charge is 0.342 e. The number of hydrogen-bond acceptors (Lipinski definition) is 3. The van der Waals surface area contributed by atoms with E-state index in [-0.39, 0.29) is 17.7 Å². The van der Waals surface area contributed by atoms with Crippen molar-refractivity contribution in [2.24, 2.45) is 0 Å². The average Bonchev–Trinajstić information content (AvgIpc) is 3.37. The molecule has 2 heterocycles. The van der Waals surface area contributed by atoms with Gasteiger partial charge in [0.15, 0.2) is 0 Å². The standard InChI is InChI=1S/C30H21ClN2O2S/c31-24-14-12-20(13-15-24)17-32-18-23(26-10-3-4-11-27(26)32)16-28-29(34)33(30(35)36-28)19-22-8-5-7-21-6-1-2-9-25(21)22/h1-16,18H,17,19H2/b28-16+. The molecule has 0 radical (unpaired) electrons. The van der Waals surface area contributed by atoms with E-state index < -0.39 is 0 Å². The summed E-state index contributed by atoms with van der Waals surface area (Å²) in [6.45, 7) is 0.926. The van der Waals surface area contributed by atoms with Crippen molar-refractivity contribution >= 4 is 62.3 Å². The van der Waals surface area contributed by atoms with E-state index in [1.807, 2.05) is 97.2 Å². The maximum atomic E-state index is 13.3. The molecule has 6 rings (SSSR count). The summed E-state index contributed by atoms with van der Waals surface area (Å²) in [6, 6.07) is 29.9. The lowest BCUT2D eigenvalue weighted by atomic mass is 10.0. The fraction of sp³-hybridized carbons (Fsp3) is 0.0667. The summed E-state index contributed by atoms with van der Waals surface area (Å²) in [6.07, 6.45) is 3.88. The summed E-state index contributed by atoms with van der Waals surface area (Å²) < 4.78 is 2.16. The van der Waals surface area contributed by atoms with Gasteiger partial charge in [0.2, 0.25) is 0 Å². The smallest absolute Gasteiger partial charge is 0.293 e. The molecule has 0 unspecified atom stereocenters. The maximum Gasteiger partial charge on any atom is 0.293 e. The van der Waals surface area contributed by atoms with Gasteiger partial charge in [-0.25, -0.2) is 0 Å². The van der Waals surface area contributed by atoms with Crippen LogP contribution in [0, 0.1) is 0 Å². The van der Waals surface area contributed by atoms with Crippen molar-refractivity contribution in [1.82, 2.24) is 9.47 Å². The summed E-state index contributed by atoms with van der Waals surface area (Å²) in [5.74, 6) is -0.257. The van der Waals surface area contributed by atoms with Crippen molar-refractivity contribution in [2.75, 3.05) is 0 Å². The predicted molar refractivity (Wildman–Crippen MR) is 148 cm³/mol. The molecule has 36 heavy (non-hydrogen) atoms. The molecule has 1 aromatic heterocycles. The highest BCUT2D eigenvalue weighted by atomic mass is 35.5. The van der Waals surface area contributed by atoms with E-state index in [1.54, 1.807) is 0 Å². The number of hydrogen-bond donors (Lipinski definition) is 0. The Morgan fingerprint density at radius 2 is 1.50 bits per heavy atom. The first-order valence-corrected chi connectivity index (χ1v) is 12.8. The van der Waals surface area contributed by atoms with Crippen LogP contribution < -0.4 is 0 Å². The fourth-order valence-electron chi connectivity index (χ4n) is 4.69. The molecule has 0 N–H and O–H groups in total. The topological polar surface area (TPSA) is 42.3 Å². The van der Waals surface area contributed by atoms with Crippen LogP contribution in [0.4, 0.5) is 4.79 Å². The second-order valence-corrected chi connectivity index (χ2v) is 10.2. The number of fused-ring (bicyclic) bond motifs is 2. The number of imide groups is 1. The molecule has 4 aromatic carbocycles. The number of carbonyl (C=O) groups is 2. The van der Waals surface area contributed by atoms with E-state index in [9.17, 15) is 9.59 Å². The Hall–Kier alpha value is -3.80. The highest BCUT2D eigenvalue weighted by Crippen LogP contribution is 2.36. The molecule has 4 nitrogen and oxygen atoms in total. The van der Waals surface area contributed by atoms with E-state index in [0.717, 1.165) is 50.1 Å². The third-order valence-corrected chi connectivity index (χ3v) is 7.61. The molecular weight excluding hydrogens is 488 g/mol. The summed E-state index contributed by atoms with van der Waals surface area (Å²) in [5.41, 5.74) is 4.06. The summed E-state index contributed by atoms with van der Waals surface area (Å²) >= 11 is 7.04. The highest BCUT2D eigenvalue weighted by molar-refractivity contribution is 8.18. The summed E-state index contributed by atoms with van der Waals surface area (Å²) in [7, 11) is 0. The third kappa shape index (κ3) is 4.21. The summed E-state index contributed by atoms with van der Waals surface area (Å²) in [5, 5.41) is 3.63. The van der Waals surface area contributed by atoms with Gasteiger partial charge in [-0.05, 0) is 57.9 Å². The SMILES string of the molecule is O=C1S/C(=C/c2cn(Cc3ccc(Cl)cc3)c3ccccc23)C(=O)N1Cc1cccc2ccccc12. The number of thioether (sulfide) groups is 1. The minimum atomic E-state index is -0.257. The number of aromatic nitrogens is 1. The van der Waals surface area contributed by atoms with Crippen LogP contribution in [0.5, 0.6) is 0 Å². The van der Waals surface area contributed by atoms with Crippen LogP contribution in [-0.4, -0.2) is 20.6 Å². The van der Waals surface area contributed by atoms with E-state index in [4.69, 9.17) is 11.6 Å². The van der Waals surface area contributed by atoms with Gasteiger partial charge in [-0.15, -0.1) is 0 Å². The predicted octanol–water partition coefficient (Wildman–Crippen LogP) is 7.73. The molecule has 1 fully saturated rings. The lowest BCUT2D eigenvalue weighted by Crippen LogP contribution is -2.27. The molecule has 2 amide bonds. The van der Waals surface area contributed by atoms with Gasteiger partial charge in [0.1, 0.15) is 0 Å². The molecule has 1 aliphatic heterocycles. The third-order valence-electron chi connectivity index (χ3n) is 6.45. The Labute approximate surface area is 217 Å². The molecule has 0 saturated carbocycles. The Bertz CT molecular complexity index is 1660. The van der Waals surface area contributed by atoms with Gasteiger partial charge in [-0.1, -0.05) is 84.4 Å². The van der Waals surface area contributed by atoms with Crippen LogP contribution in [0.2, 0.25) is 5.02 Å². The van der Waals surface area contributed by atoms with Gasteiger partial charge in [0, 0.05) is 34.2 Å². The fourth-order valence-corrected chi connectivity index (χ4v) is 5.64. The van der Waals surface area contributed by atoms with Gasteiger partial charge in [-0.2, -0.15) is 0 Å². The number of rotatable bonds is 5. The van der Waals surface area contributed by atoms with Crippen molar-refractivity contribution in [3.63, 3.8) is 0 Å². The second kappa shape index (κ2) is 9.34. The van der Waals surface area contributed by atoms with Crippen molar-refractivity contribution in [3.05, 3.63) is 124 Å². The quantitative estimate of drug-likeness (QED) is 0.228. The Morgan fingerprint density at radius 3 is 2.33 bits per heavy atom. The highest BCUT2D eigenvalue weighted by Gasteiger charge is 2.35. The molecule has 5 aromatic rings. The zero-order valence-corrected chi connectivity index (χ0v) is 20.8. The molecule has 176 valence electrons. The van der Waals surface area contributed by atoms with Crippen molar-refractivity contribution in [1.29, 1.82) is 0 Å². The van der Waals surface area contributed by atoms with Crippen LogP contribution in [0.25, 0.3) is 27.8 Å². The van der Waals surface area contributed by atoms with Gasteiger partial charge in [0.05, 0.1) is 11.4 Å². The van der Waals surface area contributed by atoms with Crippen LogP contribution in [0.1, 0.15) is 16.7 Å².